The van der Waals surface area contributed by atoms with Gasteiger partial charge in [0.2, 0.25) is 0 Å². The van der Waals surface area contributed by atoms with Crippen molar-refractivity contribution in [3.8, 4) is 11.5 Å². The van der Waals surface area contributed by atoms with Crippen molar-refractivity contribution in [1.29, 1.82) is 0 Å². The fourth-order valence-electron chi connectivity index (χ4n) is 3.07. The molecule has 3 aromatic rings. The summed E-state index contributed by atoms with van der Waals surface area (Å²) in [6, 6.07) is 17.9. The maximum absolute atomic E-state index is 12.8. The Morgan fingerprint density at radius 3 is 2.42 bits per heavy atom. The van der Waals surface area contributed by atoms with Crippen molar-refractivity contribution in [2.45, 2.75) is 31.3 Å². The largest absolute Gasteiger partial charge is 0.495 e. The van der Waals surface area contributed by atoms with E-state index in [0.29, 0.717) is 34.3 Å². The van der Waals surface area contributed by atoms with Gasteiger partial charge in [-0.15, -0.1) is 0 Å². The van der Waals surface area contributed by atoms with Crippen LogP contribution in [0.25, 0.3) is 0 Å². The number of ether oxygens (including phenoxy) is 2. The summed E-state index contributed by atoms with van der Waals surface area (Å²) < 4.78 is 39.1. The SMILES string of the molecule is CC[C@H](Oc1cccc(Cl)c1)C(=O)Nc1ccc(S(=O)(=O)Nc2cc(C)ccc2OC)cc1. The molecule has 0 saturated heterocycles. The number of anilines is 2. The summed E-state index contributed by atoms with van der Waals surface area (Å²) in [6.45, 7) is 3.68. The molecule has 174 valence electrons. The lowest BCUT2D eigenvalue weighted by molar-refractivity contribution is -0.122. The maximum Gasteiger partial charge on any atom is 0.265 e. The highest BCUT2D eigenvalue weighted by atomic mass is 35.5. The molecule has 3 aromatic carbocycles. The van der Waals surface area contributed by atoms with Crippen molar-refractivity contribution < 1.29 is 22.7 Å². The van der Waals surface area contributed by atoms with Gasteiger partial charge in [0, 0.05) is 10.7 Å². The maximum atomic E-state index is 12.8. The molecule has 0 aromatic heterocycles. The third-order valence-electron chi connectivity index (χ3n) is 4.77. The molecule has 7 nitrogen and oxygen atoms in total. The van der Waals surface area contributed by atoms with Gasteiger partial charge in [-0.2, -0.15) is 0 Å². The molecule has 0 fully saturated rings. The van der Waals surface area contributed by atoms with Gasteiger partial charge in [0.05, 0.1) is 17.7 Å². The number of rotatable bonds is 9. The van der Waals surface area contributed by atoms with Crippen molar-refractivity contribution in [3.05, 3.63) is 77.3 Å². The molecule has 1 amide bonds. The standard InChI is InChI=1S/C24H25ClN2O5S/c1-4-22(32-19-7-5-6-17(25)15-19)24(28)26-18-9-11-20(12-10-18)33(29,30)27-21-14-16(2)8-13-23(21)31-3/h5-15,22,27H,4H2,1-3H3,(H,26,28)/t22-/m0/s1. The monoisotopic (exact) mass is 488 g/mol. The van der Waals surface area contributed by atoms with Crippen LogP contribution in [-0.2, 0) is 14.8 Å². The number of nitrogens with one attached hydrogen (secondary N) is 2. The zero-order valence-corrected chi connectivity index (χ0v) is 20.0. The second kappa shape index (κ2) is 10.6. The summed E-state index contributed by atoms with van der Waals surface area (Å²) in [4.78, 5) is 12.7. The number of carbonyl (C=O) groups is 1. The van der Waals surface area contributed by atoms with Crippen LogP contribution in [0.5, 0.6) is 11.5 Å². The molecule has 3 rings (SSSR count). The topological polar surface area (TPSA) is 93.7 Å². The fourth-order valence-corrected chi connectivity index (χ4v) is 4.31. The van der Waals surface area contributed by atoms with Gasteiger partial charge in [0.1, 0.15) is 11.5 Å². The van der Waals surface area contributed by atoms with E-state index in [2.05, 4.69) is 10.0 Å². The lowest BCUT2D eigenvalue weighted by Gasteiger charge is -2.17. The number of carbonyl (C=O) groups excluding carboxylic acids is 1. The van der Waals surface area contributed by atoms with Crippen LogP contribution in [0.3, 0.4) is 0 Å². The first-order valence-corrected chi connectivity index (χ1v) is 12.1. The molecule has 33 heavy (non-hydrogen) atoms. The van der Waals surface area contributed by atoms with E-state index in [1.165, 1.54) is 31.4 Å². The van der Waals surface area contributed by atoms with Gasteiger partial charge < -0.3 is 14.8 Å². The van der Waals surface area contributed by atoms with Gasteiger partial charge >= 0.3 is 0 Å². The van der Waals surface area contributed by atoms with E-state index in [1.54, 1.807) is 36.4 Å². The van der Waals surface area contributed by atoms with Gasteiger partial charge in [-0.25, -0.2) is 8.42 Å². The Morgan fingerprint density at radius 1 is 1.06 bits per heavy atom. The first kappa shape index (κ1) is 24.4. The number of halogens is 1. The average Bonchev–Trinajstić information content (AvgIpc) is 2.77. The molecule has 1 atom stereocenters. The number of hydrogen-bond donors (Lipinski definition) is 2. The Morgan fingerprint density at radius 2 is 1.79 bits per heavy atom. The van der Waals surface area contributed by atoms with Crippen LogP contribution in [0.15, 0.2) is 71.6 Å². The molecule has 0 radical (unpaired) electrons. The summed E-state index contributed by atoms with van der Waals surface area (Å²) in [5, 5.41) is 3.26. The molecule has 0 saturated carbocycles. The van der Waals surface area contributed by atoms with Crippen LogP contribution in [0.2, 0.25) is 5.02 Å². The zero-order chi connectivity index (χ0) is 24.0. The molecular formula is C24H25ClN2O5S. The molecular weight excluding hydrogens is 464 g/mol. The number of hydrogen-bond acceptors (Lipinski definition) is 5. The van der Waals surface area contributed by atoms with Crippen molar-refractivity contribution in [2.75, 3.05) is 17.1 Å². The predicted octanol–water partition coefficient (Wildman–Crippen LogP) is 5.25. The summed E-state index contributed by atoms with van der Waals surface area (Å²) in [5.41, 5.74) is 1.68. The van der Waals surface area contributed by atoms with E-state index in [9.17, 15) is 13.2 Å². The van der Waals surface area contributed by atoms with Crippen molar-refractivity contribution >= 4 is 38.9 Å². The van der Waals surface area contributed by atoms with Crippen LogP contribution in [-0.4, -0.2) is 27.5 Å². The van der Waals surface area contributed by atoms with E-state index in [-0.39, 0.29) is 10.8 Å². The molecule has 0 bridgehead atoms. The minimum absolute atomic E-state index is 0.0475. The van der Waals surface area contributed by atoms with Gasteiger partial charge in [0.25, 0.3) is 15.9 Å². The fraction of sp³-hybridized carbons (Fsp3) is 0.208. The third kappa shape index (κ3) is 6.40. The first-order chi connectivity index (χ1) is 15.7. The molecule has 2 N–H and O–H groups in total. The molecule has 0 aliphatic heterocycles. The summed E-state index contributed by atoms with van der Waals surface area (Å²) >= 11 is 5.97. The Bertz CT molecular complexity index is 1230. The van der Waals surface area contributed by atoms with Crippen LogP contribution < -0.4 is 19.5 Å². The van der Waals surface area contributed by atoms with Gasteiger partial charge in [-0.05, 0) is 73.5 Å². The average molecular weight is 489 g/mol. The lowest BCUT2D eigenvalue weighted by Crippen LogP contribution is -2.32. The number of amides is 1. The summed E-state index contributed by atoms with van der Waals surface area (Å²) in [6.07, 6.45) is -0.296. The Kier molecular flexibility index (Phi) is 7.84. The normalized spacial score (nSPS) is 12.0. The predicted molar refractivity (Wildman–Crippen MR) is 130 cm³/mol. The Labute approximate surface area is 198 Å². The minimum Gasteiger partial charge on any atom is -0.495 e. The first-order valence-electron chi connectivity index (χ1n) is 10.2. The summed E-state index contributed by atoms with van der Waals surface area (Å²) in [5.74, 6) is 0.553. The number of sulfonamides is 1. The van der Waals surface area contributed by atoms with E-state index in [1.807, 2.05) is 19.9 Å². The molecule has 0 heterocycles. The lowest BCUT2D eigenvalue weighted by atomic mass is 10.2. The van der Waals surface area contributed by atoms with E-state index in [0.717, 1.165) is 5.56 Å². The zero-order valence-electron chi connectivity index (χ0n) is 18.5. The van der Waals surface area contributed by atoms with Crippen LogP contribution in [0.4, 0.5) is 11.4 Å². The molecule has 0 aliphatic carbocycles. The van der Waals surface area contributed by atoms with Crippen molar-refractivity contribution in [2.24, 2.45) is 0 Å². The molecule has 0 aliphatic rings. The second-order valence-electron chi connectivity index (χ2n) is 7.29. The van der Waals surface area contributed by atoms with E-state index >= 15 is 0 Å². The summed E-state index contributed by atoms with van der Waals surface area (Å²) in [7, 11) is -2.38. The van der Waals surface area contributed by atoms with Gasteiger partial charge in [-0.3, -0.25) is 9.52 Å². The van der Waals surface area contributed by atoms with Gasteiger partial charge in [0.15, 0.2) is 6.10 Å². The Balaban J connectivity index is 1.70. The van der Waals surface area contributed by atoms with E-state index in [4.69, 9.17) is 21.1 Å². The highest BCUT2D eigenvalue weighted by molar-refractivity contribution is 7.92. The molecule has 9 heteroatoms. The molecule has 0 spiro atoms. The Hall–Kier alpha value is -3.23. The highest BCUT2D eigenvalue weighted by Gasteiger charge is 2.20. The minimum atomic E-state index is -3.85. The highest BCUT2D eigenvalue weighted by Crippen LogP contribution is 2.28. The van der Waals surface area contributed by atoms with Crippen LogP contribution >= 0.6 is 11.6 Å². The number of aryl methyl sites for hydroxylation is 1. The third-order valence-corrected chi connectivity index (χ3v) is 6.39. The van der Waals surface area contributed by atoms with Gasteiger partial charge in [-0.1, -0.05) is 30.7 Å². The van der Waals surface area contributed by atoms with E-state index < -0.39 is 16.1 Å². The number of methoxy groups -OCH3 is 1. The number of benzene rings is 3. The van der Waals surface area contributed by atoms with Crippen LogP contribution in [0.1, 0.15) is 18.9 Å². The van der Waals surface area contributed by atoms with Crippen LogP contribution in [0, 0.1) is 6.92 Å². The van der Waals surface area contributed by atoms with Crippen molar-refractivity contribution in [1.82, 2.24) is 0 Å². The second-order valence-corrected chi connectivity index (χ2v) is 9.41. The quantitative estimate of drug-likeness (QED) is 0.429. The van der Waals surface area contributed by atoms with Crippen molar-refractivity contribution in [3.63, 3.8) is 0 Å². The smallest absolute Gasteiger partial charge is 0.265 e. The molecule has 0 unspecified atom stereocenters.